The van der Waals surface area contributed by atoms with Crippen molar-refractivity contribution in [3.05, 3.63) is 0 Å². The molecule has 0 saturated heterocycles. The summed E-state index contributed by atoms with van der Waals surface area (Å²) >= 11 is 0. The minimum atomic E-state index is 0.113. The highest BCUT2D eigenvalue weighted by Gasteiger charge is 2.01. The maximum absolute atomic E-state index is 11.2. The Kier molecular flexibility index (Phi) is 8.57. The molecule has 0 aliphatic carbocycles. The maximum Gasteiger partial charge on any atom is 0.219 e. The lowest BCUT2D eigenvalue weighted by Gasteiger charge is -2.06. The van der Waals surface area contributed by atoms with Gasteiger partial charge in [-0.15, -0.1) is 0 Å². The van der Waals surface area contributed by atoms with Crippen LogP contribution in [-0.2, 0) is 9.53 Å². The summed E-state index contributed by atoms with van der Waals surface area (Å²) in [6.45, 7) is 3.35. The van der Waals surface area contributed by atoms with Crippen LogP contribution in [-0.4, -0.2) is 32.2 Å². The normalized spacial score (nSPS) is 12.5. The Morgan fingerprint density at radius 3 is 2.79 bits per heavy atom. The molecule has 4 heteroatoms. The molecular weight excluding hydrogens is 180 g/mol. The van der Waals surface area contributed by atoms with Crippen LogP contribution in [0, 0.1) is 0 Å². The Bertz CT molecular complexity index is 149. The first-order valence-corrected chi connectivity index (χ1v) is 5.18. The summed E-state index contributed by atoms with van der Waals surface area (Å²) in [7, 11) is 1.66. The summed E-state index contributed by atoms with van der Waals surface area (Å²) in [6.07, 6.45) is 3.23. The van der Waals surface area contributed by atoms with E-state index in [-0.39, 0.29) is 11.9 Å². The van der Waals surface area contributed by atoms with Crippen LogP contribution < -0.4 is 11.1 Å². The van der Waals surface area contributed by atoms with Gasteiger partial charge in [-0.05, 0) is 26.2 Å². The Labute approximate surface area is 86.2 Å². The Hall–Kier alpha value is -0.610. The molecular formula is C10H22N2O2. The third-order valence-corrected chi connectivity index (χ3v) is 1.91. The van der Waals surface area contributed by atoms with Gasteiger partial charge in [0, 0.05) is 32.7 Å². The summed E-state index contributed by atoms with van der Waals surface area (Å²) in [6, 6.07) is 0.191. The van der Waals surface area contributed by atoms with Gasteiger partial charge in [0.1, 0.15) is 0 Å². The second-order valence-corrected chi connectivity index (χ2v) is 3.57. The zero-order valence-corrected chi connectivity index (χ0v) is 9.21. The van der Waals surface area contributed by atoms with Crippen molar-refractivity contribution in [2.45, 2.75) is 38.6 Å². The Balaban J connectivity index is 3.20. The van der Waals surface area contributed by atoms with Gasteiger partial charge in [-0.1, -0.05) is 0 Å². The van der Waals surface area contributed by atoms with Crippen molar-refractivity contribution < 1.29 is 9.53 Å². The van der Waals surface area contributed by atoms with Crippen LogP contribution in [0.2, 0.25) is 0 Å². The molecule has 0 radical (unpaired) electrons. The van der Waals surface area contributed by atoms with Crippen LogP contribution in [0.5, 0.6) is 0 Å². The molecule has 1 amide bonds. The molecule has 0 rings (SSSR count). The molecule has 0 spiro atoms. The molecule has 84 valence electrons. The number of nitrogens with one attached hydrogen (secondary N) is 1. The second kappa shape index (κ2) is 8.97. The number of ether oxygens (including phenoxy) is 1. The molecule has 0 aromatic rings. The largest absolute Gasteiger partial charge is 0.385 e. The summed E-state index contributed by atoms with van der Waals surface area (Å²) in [4.78, 5) is 11.2. The van der Waals surface area contributed by atoms with Crippen molar-refractivity contribution in [3.63, 3.8) is 0 Å². The van der Waals surface area contributed by atoms with Gasteiger partial charge in [0.25, 0.3) is 0 Å². The fraction of sp³-hybridized carbons (Fsp3) is 0.900. The van der Waals surface area contributed by atoms with Crippen LogP contribution in [0.15, 0.2) is 0 Å². The van der Waals surface area contributed by atoms with Crippen LogP contribution >= 0.6 is 0 Å². The van der Waals surface area contributed by atoms with Gasteiger partial charge in [0.15, 0.2) is 0 Å². The smallest absolute Gasteiger partial charge is 0.219 e. The number of rotatable bonds is 8. The third kappa shape index (κ3) is 9.48. The molecule has 0 fully saturated rings. The lowest BCUT2D eigenvalue weighted by atomic mass is 10.1. The van der Waals surface area contributed by atoms with Gasteiger partial charge in [-0.25, -0.2) is 0 Å². The topological polar surface area (TPSA) is 64.3 Å². The first-order chi connectivity index (χ1) is 6.66. The first-order valence-electron chi connectivity index (χ1n) is 5.18. The standard InChI is InChI=1S/C10H22N2O2/c1-9(11)5-3-6-10(13)12-7-4-8-14-2/h9H,3-8,11H2,1-2H3,(H,12,13). The van der Waals surface area contributed by atoms with Gasteiger partial charge in [0.05, 0.1) is 0 Å². The predicted molar refractivity (Wildman–Crippen MR) is 57.0 cm³/mol. The van der Waals surface area contributed by atoms with E-state index in [2.05, 4.69) is 5.32 Å². The second-order valence-electron chi connectivity index (χ2n) is 3.57. The number of hydrogen-bond acceptors (Lipinski definition) is 3. The summed E-state index contributed by atoms with van der Waals surface area (Å²) in [5.41, 5.74) is 5.57. The number of carbonyl (C=O) groups excluding carboxylic acids is 1. The molecule has 3 N–H and O–H groups in total. The van der Waals surface area contributed by atoms with Crippen LogP contribution in [0.25, 0.3) is 0 Å². The molecule has 0 aliphatic heterocycles. The van der Waals surface area contributed by atoms with Crippen molar-refractivity contribution >= 4 is 5.91 Å². The quantitative estimate of drug-likeness (QED) is 0.568. The lowest BCUT2D eigenvalue weighted by molar-refractivity contribution is -0.121. The molecule has 0 saturated carbocycles. The molecule has 14 heavy (non-hydrogen) atoms. The summed E-state index contributed by atoms with van der Waals surface area (Å²) < 4.78 is 4.87. The predicted octanol–water partition coefficient (Wildman–Crippen LogP) is 0.657. The number of carbonyl (C=O) groups is 1. The zero-order chi connectivity index (χ0) is 10.8. The molecule has 0 heterocycles. The molecule has 0 aromatic carbocycles. The van der Waals surface area contributed by atoms with Crippen molar-refractivity contribution in [3.8, 4) is 0 Å². The molecule has 4 nitrogen and oxygen atoms in total. The van der Waals surface area contributed by atoms with Gasteiger partial charge >= 0.3 is 0 Å². The van der Waals surface area contributed by atoms with Gasteiger partial charge in [0.2, 0.25) is 5.91 Å². The van der Waals surface area contributed by atoms with E-state index in [4.69, 9.17) is 10.5 Å². The highest BCUT2D eigenvalue weighted by molar-refractivity contribution is 5.75. The lowest BCUT2D eigenvalue weighted by Crippen LogP contribution is -2.25. The van der Waals surface area contributed by atoms with Crippen molar-refractivity contribution in [2.75, 3.05) is 20.3 Å². The minimum absolute atomic E-state index is 0.113. The van der Waals surface area contributed by atoms with E-state index >= 15 is 0 Å². The average molecular weight is 202 g/mol. The summed E-state index contributed by atoms with van der Waals surface area (Å²) in [5.74, 6) is 0.113. The number of hydrogen-bond donors (Lipinski definition) is 2. The van der Waals surface area contributed by atoms with Gasteiger partial charge in [-0.2, -0.15) is 0 Å². The summed E-state index contributed by atoms with van der Waals surface area (Å²) in [5, 5.41) is 2.83. The molecule has 0 aliphatic rings. The van der Waals surface area contributed by atoms with Gasteiger partial charge < -0.3 is 15.8 Å². The highest BCUT2D eigenvalue weighted by atomic mass is 16.5. The minimum Gasteiger partial charge on any atom is -0.385 e. The van der Waals surface area contributed by atoms with E-state index in [0.29, 0.717) is 19.6 Å². The van der Waals surface area contributed by atoms with E-state index in [1.165, 1.54) is 0 Å². The van der Waals surface area contributed by atoms with Gasteiger partial charge in [-0.3, -0.25) is 4.79 Å². The Morgan fingerprint density at radius 2 is 2.21 bits per heavy atom. The average Bonchev–Trinajstić information content (AvgIpc) is 2.12. The maximum atomic E-state index is 11.2. The first kappa shape index (κ1) is 13.4. The van der Waals surface area contributed by atoms with E-state index in [0.717, 1.165) is 19.3 Å². The van der Waals surface area contributed by atoms with E-state index < -0.39 is 0 Å². The molecule has 0 bridgehead atoms. The number of nitrogens with two attached hydrogens (primary N) is 1. The van der Waals surface area contributed by atoms with Crippen molar-refractivity contribution in [1.29, 1.82) is 0 Å². The highest BCUT2D eigenvalue weighted by Crippen LogP contribution is 1.97. The zero-order valence-electron chi connectivity index (χ0n) is 9.21. The van der Waals surface area contributed by atoms with Crippen molar-refractivity contribution in [2.24, 2.45) is 5.73 Å². The van der Waals surface area contributed by atoms with E-state index in [1.807, 2.05) is 6.92 Å². The third-order valence-electron chi connectivity index (χ3n) is 1.91. The Morgan fingerprint density at radius 1 is 1.50 bits per heavy atom. The molecule has 1 unspecified atom stereocenters. The van der Waals surface area contributed by atoms with E-state index in [1.54, 1.807) is 7.11 Å². The fourth-order valence-electron chi connectivity index (χ4n) is 1.12. The van der Waals surface area contributed by atoms with Crippen LogP contribution in [0.3, 0.4) is 0 Å². The molecule has 1 atom stereocenters. The van der Waals surface area contributed by atoms with Crippen LogP contribution in [0.1, 0.15) is 32.6 Å². The number of amides is 1. The SMILES string of the molecule is COCCCNC(=O)CCCC(C)N. The van der Waals surface area contributed by atoms with Crippen LogP contribution in [0.4, 0.5) is 0 Å². The monoisotopic (exact) mass is 202 g/mol. The van der Waals surface area contributed by atoms with Crippen molar-refractivity contribution in [1.82, 2.24) is 5.32 Å². The van der Waals surface area contributed by atoms with E-state index in [9.17, 15) is 4.79 Å². The molecule has 0 aromatic heterocycles. The number of methoxy groups -OCH3 is 1. The fourth-order valence-corrected chi connectivity index (χ4v) is 1.12.